The van der Waals surface area contributed by atoms with E-state index in [1.807, 2.05) is 54.8 Å². The lowest BCUT2D eigenvalue weighted by Crippen LogP contribution is -2.39. The van der Waals surface area contributed by atoms with Gasteiger partial charge in [-0.15, -0.1) is 11.8 Å². The van der Waals surface area contributed by atoms with E-state index in [9.17, 15) is 9.59 Å². The number of carbonyl (C=O) groups is 1. The van der Waals surface area contributed by atoms with Gasteiger partial charge in [-0.2, -0.15) is 0 Å². The molecule has 0 saturated carbocycles. The molecule has 1 aromatic carbocycles. The smallest absolute Gasteiger partial charge is 0.257 e. The third-order valence-electron chi connectivity index (χ3n) is 5.29. The SMILES string of the molecule is COC[C@@H](C)NC(=O)c1c2n(c(C)cc1=O)-c1ccccc1S[C@H](c1ccccn1)C2. The van der Waals surface area contributed by atoms with Gasteiger partial charge in [-0.05, 0) is 38.1 Å². The Kier molecular flexibility index (Phi) is 6.25. The van der Waals surface area contributed by atoms with Gasteiger partial charge in [0.15, 0.2) is 5.43 Å². The number of aromatic nitrogens is 2. The van der Waals surface area contributed by atoms with Crippen LogP contribution in [0.5, 0.6) is 0 Å². The van der Waals surface area contributed by atoms with Crippen molar-refractivity contribution in [2.24, 2.45) is 0 Å². The first-order valence-electron chi connectivity index (χ1n) is 10.2. The normalized spacial score (nSPS) is 16.0. The van der Waals surface area contributed by atoms with E-state index < -0.39 is 0 Å². The minimum atomic E-state index is -0.373. The number of hydrogen-bond donors (Lipinski definition) is 1. The van der Waals surface area contributed by atoms with Gasteiger partial charge in [0.25, 0.3) is 5.91 Å². The molecule has 1 amide bonds. The monoisotopic (exact) mass is 435 g/mol. The van der Waals surface area contributed by atoms with Gasteiger partial charge in [-0.1, -0.05) is 18.2 Å². The lowest BCUT2D eigenvalue weighted by Gasteiger charge is -2.21. The highest BCUT2D eigenvalue weighted by Crippen LogP contribution is 2.43. The highest BCUT2D eigenvalue weighted by atomic mass is 32.2. The topological polar surface area (TPSA) is 73.2 Å². The highest BCUT2D eigenvalue weighted by molar-refractivity contribution is 7.99. The summed E-state index contributed by atoms with van der Waals surface area (Å²) in [6.07, 6.45) is 2.28. The van der Waals surface area contributed by atoms with Gasteiger partial charge in [0.1, 0.15) is 5.56 Å². The van der Waals surface area contributed by atoms with Crippen LogP contribution in [0.3, 0.4) is 0 Å². The quantitative estimate of drug-likeness (QED) is 0.662. The fraction of sp³-hybridized carbons (Fsp3) is 0.292. The molecule has 3 aromatic rings. The van der Waals surface area contributed by atoms with E-state index in [2.05, 4.69) is 16.4 Å². The van der Waals surface area contributed by atoms with Crippen LogP contribution in [0, 0.1) is 6.92 Å². The number of thioether (sulfide) groups is 1. The van der Waals surface area contributed by atoms with Gasteiger partial charge in [0.05, 0.1) is 23.2 Å². The average Bonchev–Trinajstić information content (AvgIpc) is 2.91. The molecule has 7 heteroatoms. The van der Waals surface area contributed by atoms with E-state index in [1.165, 1.54) is 0 Å². The van der Waals surface area contributed by atoms with Crippen LogP contribution in [0.15, 0.2) is 64.4 Å². The summed E-state index contributed by atoms with van der Waals surface area (Å²) < 4.78 is 7.18. The fourth-order valence-electron chi connectivity index (χ4n) is 4.00. The number of methoxy groups -OCH3 is 1. The molecule has 0 saturated heterocycles. The average molecular weight is 436 g/mol. The first-order valence-corrected chi connectivity index (χ1v) is 11.1. The number of fused-ring (bicyclic) bond motifs is 3. The Morgan fingerprint density at radius 1 is 1.29 bits per heavy atom. The van der Waals surface area contributed by atoms with Gasteiger partial charge in [-0.25, -0.2) is 0 Å². The molecule has 160 valence electrons. The van der Waals surface area contributed by atoms with Crippen molar-refractivity contribution in [3.8, 4) is 5.69 Å². The Morgan fingerprint density at radius 2 is 2.06 bits per heavy atom. The van der Waals surface area contributed by atoms with Crippen molar-refractivity contribution in [2.75, 3.05) is 13.7 Å². The van der Waals surface area contributed by atoms with Crippen LogP contribution >= 0.6 is 11.8 Å². The summed E-state index contributed by atoms with van der Waals surface area (Å²) >= 11 is 1.71. The standard InChI is InChI=1S/C24H25N3O3S/c1-15(14-30-3)26-24(29)23-19-13-22(17-8-6-7-11-25-17)31-21-10-5-4-9-18(21)27(19)16(2)12-20(23)28/h4-12,15,22H,13-14H2,1-3H3,(H,26,29)/t15-,22+/m1/s1. The van der Waals surface area contributed by atoms with E-state index in [1.54, 1.807) is 31.1 Å². The second-order valence-electron chi connectivity index (χ2n) is 7.67. The number of aryl methyl sites for hydroxylation is 1. The van der Waals surface area contributed by atoms with Crippen molar-refractivity contribution in [3.63, 3.8) is 0 Å². The van der Waals surface area contributed by atoms with Crippen LogP contribution < -0.4 is 10.7 Å². The minimum absolute atomic E-state index is 0.0275. The molecule has 0 aliphatic carbocycles. The van der Waals surface area contributed by atoms with Crippen molar-refractivity contribution < 1.29 is 9.53 Å². The zero-order valence-electron chi connectivity index (χ0n) is 17.8. The van der Waals surface area contributed by atoms with E-state index in [0.717, 1.165) is 22.0 Å². The molecule has 0 fully saturated rings. The molecule has 0 bridgehead atoms. The summed E-state index contributed by atoms with van der Waals surface area (Å²) in [4.78, 5) is 31.9. The molecule has 1 N–H and O–H groups in total. The van der Waals surface area contributed by atoms with Crippen molar-refractivity contribution in [2.45, 2.75) is 36.5 Å². The largest absolute Gasteiger partial charge is 0.383 e. The van der Waals surface area contributed by atoms with Crippen molar-refractivity contribution in [1.29, 1.82) is 0 Å². The zero-order valence-corrected chi connectivity index (χ0v) is 18.6. The summed E-state index contributed by atoms with van der Waals surface area (Å²) in [5, 5.41) is 2.88. The number of carbonyl (C=O) groups excluding carboxylic acids is 1. The Labute approximate surface area is 185 Å². The molecule has 3 heterocycles. The number of hydrogen-bond acceptors (Lipinski definition) is 5. The second-order valence-corrected chi connectivity index (χ2v) is 8.91. The molecule has 4 rings (SSSR count). The highest BCUT2D eigenvalue weighted by Gasteiger charge is 2.29. The summed E-state index contributed by atoms with van der Waals surface area (Å²) in [6.45, 7) is 4.13. The lowest BCUT2D eigenvalue weighted by atomic mass is 10.0. The minimum Gasteiger partial charge on any atom is -0.383 e. The molecular weight excluding hydrogens is 410 g/mol. The maximum Gasteiger partial charge on any atom is 0.257 e. The molecule has 31 heavy (non-hydrogen) atoms. The molecule has 0 spiro atoms. The van der Waals surface area contributed by atoms with Gasteiger partial charge >= 0.3 is 0 Å². The van der Waals surface area contributed by atoms with Gasteiger partial charge in [0, 0.05) is 48.1 Å². The molecule has 1 aliphatic heterocycles. The first kappa shape index (κ1) is 21.3. The van der Waals surface area contributed by atoms with Crippen molar-refractivity contribution >= 4 is 17.7 Å². The lowest BCUT2D eigenvalue weighted by molar-refractivity contribution is 0.0902. The van der Waals surface area contributed by atoms with Crippen LogP contribution in [0.1, 0.15) is 39.6 Å². The van der Waals surface area contributed by atoms with E-state index in [4.69, 9.17) is 4.74 Å². The number of nitrogens with zero attached hydrogens (tertiary/aromatic N) is 2. The fourth-order valence-corrected chi connectivity index (χ4v) is 5.24. The van der Waals surface area contributed by atoms with E-state index in [-0.39, 0.29) is 28.2 Å². The summed E-state index contributed by atoms with van der Waals surface area (Å²) in [5.41, 5.74) is 3.32. The molecular formula is C24H25N3O3S. The zero-order chi connectivity index (χ0) is 22.0. The second kappa shape index (κ2) is 9.08. The summed E-state index contributed by atoms with van der Waals surface area (Å²) in [5.74, 6) is -0.373. The third-order valence-corrected chi connectivity index (χ3v) is 6.58. The maximum atomic E-state index is 13.2. The van der Waals surface area contributed by atoms with Crippen LogP contribution in [-0.2, 0) is 11.2 Å². The third kappa shape index (κ3) is 4.29. The maximum absolute atomic E-state index is 13.2. The summed E-state index contributed by atoms with van der Waals surface area (Å²) in [6, 6.07) is 15.2. The number of para-hydroxylation sites is 1. The molecule has 2 aromatic heterocycles. The molecule has 6 nitrogen and oxygen atoms in total. The first-order chi connectivity index (χ1) is 15.0. The molecule has 1 aliphatic rings. The van der Waals surface area contributed by atoms with Gasteiger partial charge < -0.3 is 14.6 Å². The number of pyridine rings is 2. The molecule has 0 radical (unpaired) electrons. The Hall–Kier alpha value is -2.90. The van der Waals surface area contributed by atoms with E-state index in [0.29, 0.717) is 18.7 Å². The van der Waals surface area contributed by atoms with Crippen molar-refractivity contribution in [3.05, 3.63) is 87.6 Å². The molecule has 0 unspecified atom stereocenters. The number of nitrogens with one attached hydrogen (secondary N) is 1. The van der Waals surface area contributed by atoms with E-state index >= 15 is 0 Å². The van der Waals surface area contributed by atoms with Crippen LogP contribution in [0.4, 0.5) is 0 Å². The summed E-state index contributed by atoms with van der Waals surface area (Å²) in [7, 11) is 1.58. The van der Waals surface area contributed by atoms with Gasteiger partial charge in [-0.3, -0.25) is 14.6 Å². The van der Waals surface area contributed by atoms with Crippen molar-refractivity contribution in [1.82, 2.24) is 14.9 Å². The van der Waals surface area contributed by atoms with Crippen LogP contribution in [0.2, 0.25) is 0 Å². The van der Waals surface area contributed by atoms with Crippen LogP contribution in [-0.4, -0.2) is 35.2 Å². The Balaban J connectivity index is 1.91. The predicted octanol–water partition coefficient (Wildman–Crippen LogP) is 3.70. The number of ether oxygens (including phenoxy) is 1. The number of amides is 1. The molecule has 2 atom stereocenters. The number of rotatable bonds is 5. The predicted molar refractivity (Wildman–Crippen MR) is 122 cm³/mol. The van der Waals surface area contributed by atoms with Gasteiger partial charge in [0.2, 0.25) is 0 Å². The Bertz CT molecular complexity index is 1160. The Morgan fingerprint density at radius 3 is 2.81 bits per heavy atom. The number of benzene rings is 1. The van der Waals surface area contributed by atoms with Crippen LogP contribution in [0.25, 0.3) is 5.69 Å².